The summed E-state index contributed by atoms with van der Waals surface area (Å²) in [5.74, 6) is 0.342. The smallest absolute Gasteiger partial charge is 0.116 e. The van der Waals surface area contributed by atoms with Gasteiger partial charge < -0.3 is 16.2 Å². The Labute approximate surface area is 77.6 Å². The fourth-order valence-corrected chi connectivity index (χ4v) is 1.80. The highest BCUT2D eigenvalue weighted by atomic mass is 16.3. The van der Waals surface area contributed by atoms with Crippen LogP contribution in [0.5, 0.6) is 5.75 Å². The third-order valence-corrected chi connectivity index (χ3v) is 2.43. The topological polar surface area (TPSA) is 58.3 Å². The number of hydrogen-bond donors (Lipinski definition) is 3. The quantitative estimate of drug-likeness (QED) is 0.594. The van der Waals surface area contributed by atoms with Crippen molar-refractivity contribution in [2.45, 2.75) is 18.9 Å². The first-order chi connectivity index (χ1) is 6.29. The first-order valence-electron chi connectivity index (χ1n) is 4.58. The molecule has 0 amide bonds. The Balaban J connectivity index is 2.16. The number of anilines is 1. The number of hydrogen-bond acceptors (Lipinski definition) is 3. The Hall–Kier alpha value is -1.22. The van der Waals surface area contributed by atoms with E-state index in [-0.39, 0.29) is 0 Å². The minimum atomic E-state index is 0.342. The van der Waals surface area contributed by atoms with E-state index < -0.39 is 0 Å². The third kappa shape index (κ3) is 1.60. The van der Waals surface area contributed by atoms with Gasteiger partial charge >= 0.3 is 0 Å². The molecule has 1 aromatic carbocycles. The molecular formula is C10H14N2O. The van der Waals surface area contributed by atoms with Crippen LogP contribution in [-0.2, 0) is 6.42 Å². The molecule has 3 nitrogen and oxygen atoms in total. The zero-order valence-electron chi connectivity index (χ0n) is 7.46. The van der Waals surface area contributed by atoms with Gasteiger partial charge in [0.25, 0.3) is 0 Å². The molecule has 1 heterocycles. The molecule has 0 saturated carbocycles. The average molecular weight is 178 g/mol. The van der Waals surface area contributed by atoms with Crippen LogP contribution < -0.4 is 11.1 Å². The van der Waals surface area contributed by atoms with Crippen LogP contribution in [0.1, 0.15) is 12.0 Å². The molecule has 2 rings (SSSR count). The predicted molar refractivity (Wildman–Crippen MR) is 52.9 cm³/mol. The number of benzene rings is 1. The van der Waals surface area contributed by atoms with Crippen molar-refractivity contribution in [3.8, 4) is 5.75 Å². The Bertz CT molecular complexity index is 312. The van der Waals surface area contributed by atoms with Gasteiger partial charge in [0.2, 0.25) is 0 Å². The van der Waals surface area contributed by atoms with E-state index in [2.05, 4.69) is 5.32 Å². The lowest BCUT2D eigenvalue weighted by atomic mass is 10.1. The summed E-state index contributed by atoms with van der Waals surface area (Å²) in [7, 11) is 0. The van der Waals surface area contributed by atoms with E-state index in [1.807, 2.05) is 12.1 Å². The minimum Gasteiger partial charge on any atom is -0.508 e. The molecule has 0 bridgehead atoms. The van der Waals surface area contributed by atoms with Crippen LogP contribution in [0.3, 0.4) is 0 Å². The minimum absolute atomic E-state index is 0.342. The summed E-state index contributed by atoms with van der Waals surface area (Å²) in [6, 6.07) is 5.89. The molecule has 70 valence electrons. The van der Waals surface area contributed by atoms with Gasteiger partial charge in [0.15, 0.2) is 0 Å². The van der Waals surface area contributed by atoms with Crippen molar-refractivity contribution in [2.75, 3.05) is 11.9 Å². The molecule has 1 aliphatic heterocycles. The number of nitrogens with one attached hydrogen (secondary N) is 1. The van der Waals surface area contributed by atoms with Crippen molar-refractivity contribution in [3.05, 3.63) is 23.8 Å². The molecule has 1 aromatic rings. The third-order valence-electron chi connectivity index (χ3n) is 2.43. The molecular weight excluding hydrogens is 164 g/mol. The van der Waals surface area contributed by atoms with Crippen LogP contribution in [0.4, 0.5) is 5.69 Å². The SMILES string of the molecule is NCCC1Cc2cc(O)ccc2N1. The van der Waals surface area contributed by atoms with Crippen LogP contribution in [0, 0.1) is 0 Å². The van der Waals surface area contributed by atoms with Crippen molar-refractivity contribution in [1.29, 1.82) is 0 Å². The van der Waals surface area contributed by atoms with Crippen LogP contribution in [0.2, 0.25) is 0 Å². The van der Waals surface area contributed by atoms with Gasteiger partial charge in [-0.25, -0.2) is 0 Å². The Morgan fingerprint density at radius 3 is 3.15 bits per heavy atom. The fourth-order valence-electron chi connectivity index (χ4n) is 1.80. The van der Waals surface area contributed by atoms with Gasteiger partial charge in [-0.3, -0.25) is 0 Å². The number of rotatable bonds is 2. The standard InChI is InChI=1S/C10H14N2O/c11-4-3-8-5-7-6-9(13)1-2-10(7)12-8/h1-2,6,8,12-13H,3-5,11H2. The van der Waals surface area contributed by atoms with Gasteiger partial charge in [-0.1, -0.05) is 0 Å². The second kappa shape index (κ2) is 3.26. The molecule has 4 N–H and O–H groups in total. The molecule has 0 saturated heterocycles. The second-order valence-electron chi connectivity index (χ2n) is 3.46. The normalized spacial score (nSPS) is 19.6. The number of nitrogens with two attached hydrogens (primary N) is 1. The lowest BCUT2D eigenvalue weighted by Gasteiger charge is -2.08. The van der Waals surface area contributed by atoms with E-state index >= 15 is 0 Å². The van der Waals surface area contributed by atoms with Crippen LogP contribution in [0.15, 0.2) is 18.2 Å². The van der Waals surface area contributed by atoms with Crippen molar-refractivity contribution < 1.29 is 5.11 Å². The molecule has 0 aliphatic carbocycles. The van der Waals surface area contributed by atoms with Gasteiger partial charge in [-0.2, -0.15) is 0 Å². The van der Waals surface area contributed by atoms with Gasteiger partial charge in [-0.15, -0.1) is 0 Å². The molecule has 13 heavy (non-hydrogen) atoms. The van der Waals surface area contributed by atoms with Crippen molar-refractivity contribution in [1.82, 2.24) is 0 Å². The van der Waals surface area contributed by atoms with Gasteiger partial charge in [-0.05, 0) is 43.1 Å². The van der Waals surface area contributed by atoms with Crippen molar-refractivity contribution >= 4 is 5.69 Å². The lowest BCUT2D eigenvalue weighted by Crippen LogP contribution is -2.19. The summed E-state index contributed by atoms with van der Waals surface area (Å²) in [6.07, 6.45) is 1.95. The first-order valence-corrected chi connectivity index (χ1v) is 4.58. The van der Waals surface area contributed by atoms with Crippen LogP contribution in [0.25, 0.3) is 0 Å². The van der Waals surface area contributed by atoms with E-state index in [9.17, 15) is 5.11 Å². The Kier molecular flexibility index (Phi) is 2.10. The van der Waals surface area contributed by atoms with Crippen molar-refractivity contribution in [2.24, 2.45) is 5.73 Å². The predicted octanol–water partition coefficient (Wildman–Crippen LogP) is 1.08. The second-order valence-corrected chi connectivity index (χ2v) is 3.46. The summed E-state index contributed by atoms with van der Waals surface area (Å²) < 4.78 is 0. The number of phenols is 1. The van der Waals surface area contributed by atoms with E-state index in [0.29, 0.717) is 18.3 Å². The highest BCUT2D eigenvalue weighted by Crippen LogP contribution is 2.29. The highest BCUT2D eigenvalue weighted by Gasteiger charge is 2.19. The van der Waals surface area contributed by atoms with E-state index in [1.54, 1.807) is 6.07 Å². The molecule has 1 unspecified atom stereocenters. The zero-order valence-corrected chi connectivity index (χ0v) is 7.46. The average Bonchev–Trinajstić information content (AvgIpc) is 2.46. The molecule has 0 spiro atoms. The van der Waals surface area contributed by atoms with Crippen molar-refractivity contribution in [3.63, 3.8) is 0 Å². The lowest BCUT2D eigenvalue weighted by molar-refractivity contribution is 0.475. The Morgan fingerprint density at radius 1 is 1.54 bits per heavy atom. The summed E-state index contributed by atoms with van der Waals surface area (Å²) >= 11 is 0. The summed E-state index contributed by atoms with van der Waals surface area (Å²) in [4.78, 5) is 0. The van der Waals surface area contributed by atoms with E-state index in [4.69, 9.17) is 5.73 Å². The highest BCUT2D eigenvalue weighted by molar-refractivity contribution is 5.58. The summed E-state index contributed by atoms with van der Waals surface area (Å²) in [5.41, 5.74) is 7.81. The first kappa shape index (κ1) is 8.38. The maximum atomic E-state index is 9.26. The molecule has 1 aliphatic rings. The molecule has 0 aromatic heterocycles. The number of phenolic OH excluding ortho intramolecular Hbond substituents is 1. The van der Waals surface area contributed by atoms with Gasteiger partial charge in [0.1, 0.15) is 5.75 Å². The van der Waals surface area contributed by atoms with E-state index in [0.717, 1.165) is 18.5 Å². The number of fused-ring (bicyclic) bond motifs is 1. The zero-order chi connectivity index (χ0) is 9.26. The molecule has 1 atom stereocenters. The van der Waals surface area contributed by atoms with Gasteiger partial charge in [0, 0.05) is 11.7 Å². The number of aromatic hydroxyl groups is 1. The molecule has 3 heteroatoms. The molecule has 0 radical (unpaired) electrons. The molecule has 0 fully saturated rings. The van der Waals surface area contributed by atoms with Crippen LogP contribution in [-0.4, -0.2) is 17.7 Å². The largest absolute Gasteiger partial charge is 0.508 e. The van der Waals surface area contributed by atoms with Gasteiger partial charge in [0.05, 0.1) is 0 Å². The van der Waals surface area contributed by atoms with Crippen LogP contribution >= 0.6 is 0 Å². The maximum Gasteiger partial charge on any atom is 0.116 e. The maximum absolute atomic E-state index is 9.26. The Morgan fingerprint density at radius 2 is 2.38 bits per heavy atom. The summed E-state index contributed by atoms with van der Waals surface area (Å²) in [6.45, 7) is 0.706. The van der Waals surface area contributed by atoms with E-state index in [1.165, 1.54) is 5.56 Å². The fraction of sp³-hybridized carbons (Fsp3) is 0.400. The monoisotopic (exact) mass is 178 g/mol. The summed E-state index contributed by atoms with van der Waals surface area (Å²) in [5, 5.41) is 12.6.